The van der Waals surface area contributed by atoms with Gasteiger partial charge in [0.1, 0.15) is 0 Å². The molecule has 0 radical (unpaired) electrons. The molecule has 1 heterocycles. The van der Waals surface area contributed by atoms with Crippen LogP contribution in [0.2, 0.25) is 0 Å². The van der Waals surface area contributed by atoms with Gasteiger partial charge in [-0.25, -0.2) is 4.79 Å². The van der Waals surface area contributed by atoms with Crippen molar-refractivity contribution in [1.82, 2.24) is 10.2 Å². The molecule has 2 aliphatic rings. The van der Waals surface area contributed by atoms with Crippen LogP contribution in [0.4, 0.5) is 4.79 Å². The molecule has 0 spiro atoms. The topological polar surface area (TPSA) is 58.4 Å². The molecule has 16 heavy (non-hydrogen) atoms. The van der Waals surface area contributed by atoms with Gasteiger partial charge in [-0.1, -0.05) is 12.8 Å². The predicted molar refractivity (Wildman–Crippen MR) is 64.1 cm³/mol. The first-order valence-corrected chi connectivity index (χ1v) is 6.48. The van der Waals surface area contributed by atoms with E-state index in [1.54, 1.807) is 0 Å². The van der Waals surface area contributed by atoms with E-state index in [1.165, 1.54) is 25.7 Å². The first-order chi connectivity index (χ1) is 7.66. The van der Waals surface area contributed by atoms with Crippen molar-refractivity contribution in [2.75, 3.05) is 13.1 Å². The lowest BCUT2D eigenvalue weighted by atomic mass is 9.99. The molecule has 1 saturated heterocycles. The third-order valence-corrected chi connectivity index (χ3v) is 3.84. The van der Waals surface area contributed by atoms with Crippen LogP contribution in [-0.4, -0.2) is 36.1 Å². The maximum atomic E-state index is 11.7. The average Bonchev–Trinajstić information content (AvgIpc) is 2.83. The number of carbonyl (C=O) groups excluding carboxylic acids is 1. The van der Waals surface area contributed by atoms with Crippen LogP contribution < -0.4 is 11.1 Å². The highest BCUT2D eigenvalue weighted by Gasteiger charge is 2.34. The largest absolute Gasteiger partial charge is 0.333 e. The fourth-order valence-electron chi connectivity index (χ4n) is 2.79. The van der Waals surface area contributed by atoms with Crippen molar-refractivity contribution >= 4 is 6.03 Å². The van der Waals surface area contributed by atoms with Crippen molar-refractivity contribution < 1.29 is 4.79 Å². The van der Waals surface area contributed by atoms with E-state index in [0.29, 0.717) is 12.0 Å². The molecule has 2 rings (SSSR count). The summed E-state index contributed by atoms with van der Waals surface area (Å²) in [6.45, 7) is 3.67. The van der Waals surface area contributed by atoms with Crippen molar-refractivity contribution in [2.45, 2.75) is 51.1 Å². The molecule has 1 aliphatic carbocycles. The van der Waals surface area contributed by atoms with E-state index in [2.05, 4.69) is 5.32 Å². The van der Waals surface area contributed by atoms with Crippen LogP contribution in [-0.2, 0) is 0 Å². The highest BCUT2D eigenvalue weighted by molar-refractivity contribution is 5.76. The van der Waals surface area contributed by atoms with Crippen LogP contribution in [0.5, 0.6) is 0 Å². The number of rotatable bonds is 4. The summed E-state index contributed by atoms with van der Waals surface area (Å²) in [6, 6.07) is 0.680. The molecular formula is C12H23N3O. The Morgan fingerprint density at radius 3 is 2.81 bits per heavy atom. The number of hydrogen-bond acceptors (Lipinski definition) is 2. The fraction of sp³-hybridized carbons (Fsp3) is 0.917. The summed E-state index contributed by atoms with van der Waals surface area (Å²) < 4.78 is 0. The highest BCUT2D eigenvalue weighted by atomic mass is 16.2. The predicted octanol–water partition coefficient (Wildman–Crippen LogP) is 1.31. The molecule has 0 aromatic carbocycles. The van der Waals surface area contributed by atoms with Crippen LogP contribution in [0.25, 0.3) is 0 Å². The summed E-state index contributed by atoms with van der Waals surface area (Å²) in [4.78, 5) is 13.7. The van der Waals surface area contributed by atoms with Crippen LogP contribution in [0.15, 0.2) is 0 Å². The summed E-state index contributed by atoms with van der Waals surface area (Å²) in [5.74, 6) is 0.712. The quantitative estimate of drug-likeness (QED) is 0.758. The minimum absolute atomic E-state index is 0.109. The third-order valence-electron chi connectivity index (χ3n) is 3.84. The maximum Gasteiger partial charge on any atom is 0.317 e. The second kappa shape index (κ2) is 5.04. The van der Waals surface area contributed by atoms with Crippen LogP contribution in [0.1, 0.15) is 39.0 Å². The highest BCUT2D eigenvalue weighted by Crippen LogP contribution is 2.29. The van der Waals surface area contributed by atoms with Gasteiger partial charge in [0, 0.05) is 19.1 Å². The SMILES string of the molecule is CC(N)CCN1CC(C2CCCC2)NC1=O. The van der Waals surface area contributed by atoms with E-state index >= 15 is 0 Å². The number of nitrogens with one attached hydrogen (secondary N) is 1. The van der Waals surface area contributed by atoms with E-state index in [1.807, 2.05) is 11.8 Å². The van der Waals surface area contributed by atoms with Crippen molar-refractivity contribution in [1.29, 1.82) is 0 Å². The Morgan fingerprint density at radius 1 is 1.50 bits per heavy atom. The lowest BCUT2D eigenvalue weighted by Crippen LogP contribution is -2.33. The normalized spacial score (nSPS) is 28.5. The minimum atomic E-state index is 0.109. The number of nitrogens with zero attached hydrogens (tertiary/aromatic N) is 1. The van der Waals surface area contributed by atoms with Gasteiger partial charge >= 0.3 is 6.03 Å². The van der Waals surface area contributed by atoms with Crippen LogP contribution >= 0.6 is 0 Å². The van der Waals surface area contributed by atoms with Gasteiger partial charge in [0.05, 0.1) is 6.04 Å². The Morgan fingerprint density at radius 2 is 2.19 bits per heavy atom. The van der Waals surface area contributed by atoms with Crippen molar-refractivity contribution in [3.05, 3.63) is 0 Å². The van der Waals surface area contributed by atoms with Gasteiger partial charge in [0.15, 0.2) is 0 Å². The molecule has 1 saturated carbocycles. The second-order valence-corrected chi connectivity index (χ2v) is 5.31. The van der Waals surface area contributed by atoms with E-state index in [-0.39, 0.29) is 12.1 Å². The molecule has 2 amide bonds. The average molecular weight is 225 g/mol. The molecule has 4 nitrogen and oxygen atoms in total. The van der Waals surface area contributed by atoms with Crippen molar-refractivity contribution in [2.24, 2.45) is 11.7 Å². The lowest BCUT2D eigenvalue weighted by Gasteiger charge is -2.18. The first-order valence-electron chi connectivity index (χ1n) is 6.48. The Kier molecular flexibility index (Phi) is 3.69. The Bertz CT molecular complexity index is 249. The number of urea groups is 1. The molecule has 92 valence electrons. The summed E-state index contributed by atoms with van der Waals surface area (Å²) in [5.41, 5.74) is 5.71. The maximum absolute atomic E-state index is 11.7. The number of amides is 2. The summed E-state index contributed by atoms with van der Waals surface area (Å²) >= 11 is 0. The third kappa shape index (κ3) is 2.67. The van der Waals surface area contributed by atoms with E-state index in [4.69, 9.17) is 5.73 Å². The monoisotopic (exact) mass is 225 g/mol. The molecule has 3 N–H and O–H groups in total. The molecule has 4 heteroatoms. The van der Waals surface area contributed by atoms with E-state index < -0.39 is 0 Å². The molecule has 2 unspecified atom stereocenters. The first kappa shape index (κ1) is 11.7. The van der Waals surface area contributed by atoms with Crippen molar-refractivity contribution in [3.8, 4) is 0 Å². The van der Waals surface area contributed by atoms with Crippen LogP contribution in [0.3, 0.4) is 0 Å². The van der Waals surface area contributed by atoms with Crippen LogP contribution in [0, 0.1) is 5.92 Å². The summed E-state index contributed by atoms with van der Waals surface area (Å²) in [7, 11) is 0. The molecular weight excluding hydrogens is 202 g/mol. The molecule has 0 aromatic rings. The molecule has 2 atom stereocenters. The Labute approximate surface area is 97.6 Å². The minimum Gasteiger partial charge on any atom is -0.333 e. The zero-order valence-electron chi connectivity index (χ0n) is 10.1. The zero-order chi connectivity index (χ0) is 11.5. The van der Waals surface area contributed by atoms with Gasteiger partial charge in [-0.15, -0.1) is 0 Å². The number of nitrogens with two attached hydrogens (primary N) is 1. The number of hydrogen-bond donors (Lipinski definition) is 2. The Balaban J connectivity index is 1.81. The second-order valence-electron chi connectivity index (χ2n) is 5.31. The van der Waals surface area contributed by atoms with E-state index in [9.17, 15) is 4.79 Å². The lowest BCUT2D eigenvalue weighted by molar-refractivity contribution is 0.216. The van der Waals surface area contributed by atoms with Gasteiger partial charge in [0.2, 0.25) is 0 Å². The molecule has 1 aliphatic heterocycles. The molecule has 0 aromatic heterocycles. The molecule has 0 bridgehead atoms. The van der Waals surface area contributed by atoms with Gasteiger partial charge < -0.3 is 16.0 Å². The number of carbonyl (C=O) groups is 1. The van der Waals surface area contributed by atoms with Gasteiger partial charge in [-0.2, -0.15) is 0 Å². The summed E-state index contributed by atoms with van der Waals surface area (Å²) in [5, 5.41) is 3.12. The fourth-order valence-corrected chi connectivity index (χ4v) is 2.79. The van der Waals surface area contributed by atoms with Gasteiger partial charge in [0.25, 0.3) is 0 Å². The van der Waals surface area contributed by atoms with Crippen molar-refractivity contribution in [3.63, 3.8) is 0 Å². The van der Waals surface area contributed by atoms with Gasteiger partial charge in [-0.3, -0.25) is 0 Å². The smallest absolute Gasteiger partial charge is 0.317 e. The van der Waals surface area contributed by atoms with E-state index in [0.717, 1.165) is 19.5 Å². The zero-order valence-corrected chi connectivity index (χ0v) is 10.1. The Hall–Kier alpha value is -0.770. The standard InChI is InChI=1S/C12H23N3O/c1-9(13)6-7-15-8-11(14-12(15)16)10-4-2-3-5-10/h9-11H,2-8,13H2,1H3,(H,14,16). The van der Waals surface area contributed by atoms with Gasteiger partial charge in [-0.05, 0) is 32.1 Å². The summed E-state index contributed by atoms with van der Waals surface area (Å²) in [6.07, 6.45) is 6.12. The molecule has 2 fully saturated rings.